The molecule has 0 fully saturated rings. The van der Waals surface area contributed by atoms with Crippen molar-refractivity contribution in [1.29, 1.82) is 0 Å². The van der Waals surface area contributed by atoms with Crippen LogP contribution < -0.4 is 0 Å². The van der Waals surface area contributed by atoms with Crippen molar-refractivity contribution in [3.05, 3.63) is 119 Å². The Labute approximate surface area is 217 Å². The first-order chi connectivity index (χ1) is 17.7. The Morgan fingerprint density at radius 3 is 1.61 bits per heavy atom. The molecule has 0 aliphatic rings. The molecular formula is C34H18Cl2. The third-order valence-corrected chi connectivity index (χ3v) is 8.40. The molecular weight excluding hydrogens is 479 g/mol. The number of hydrogen-bond donors (Lipinski definition) is 0. The minimum absolute atomic E-state index is 0.777. The van der Waals surface area contributed by atoms with Crippen molar-refractivity contribution in [2.45, 2.75) is 0 Å². The second-order valence-corrected chi connectivity index (χ2v) is 10.3. The van der Waals surface area contributed by atoms with Crippen LogP contribution in [0.5, 0.6) is 0 Å². The Hall–Kier alpha value is -3.84. The van der Waals surface area contributed by atoms with Gasteiger partial charge in [0.1, 0.15) is 0 Å². The zero-order chi connectivity index (χ0) is 24.0. The molecule has 0 nitrogen and oxygen atoms in total. The minimum atomic E-state index is 0.777. The van der Waals surface area contributed by atoms with Crippen molar-refractivity contribution < 1.29 is 0 Å². The van der Waals surface area contributed by atoms with Crippen LogP contribution >= 0.6 is 23.2 Å². The predicted octanol–water partition coefficient (Wildman–Crippen LogP) is 11.0. The van der Waals surface area contributed by atoms with E-state index in [0.29, 0.717) is 0 Å². The number of benzene rings is 8. The summed E-state index contributed by atoms with van der Waals surface area (Å²) in [5.74, 6) is 0. The molecule has 0 spiro atoms. The van der Waals surface area contributed by atoms with E-state index in [1.807, 2.05) is 12.1 Å². The maximum absolute atomic E-state index is 6.69. The molecule has 0 unspecified atom stereocenters. The summed E-state index contributed by atoms with van der Waals surface area (Å²) >= 11 is 13.3. The average Bonchev–Trinajstić information content (AvgIpc) is 2.93. The first kappa shape index (κ1) is 20.4. The van der Waals surface area contributed by atoms with E-state index in [4.69, 9.17) is 23.2 Å². The van der Waals surface area contributed by atoms with Gasteiger partial charge in [-0.3, -0.25) is 0 Å². The lowest BCUT2D eigenvalue weighted by molar-refractivity contribution is 1.71. The maximum atomic E-state index is 6.69. The molecule has 0 aromatic heterocycles. The van der Waals surface area contributed by atoms with Crippen molar-refractivity contribution in [3.63, 3.8) is 0 Å². The van der Waals surface area contributed by atoms with E-state index in [0.717, 1.165) is 20.8 Å². The van der Waals surface area contributed by atoms with Gasteiger partial charge in [0.05, 0.1) is 0 Å². The molecule has 0 N–H and O–H groups in total. The molecule has 0 heterocycles. The van der Waals surface area contributed by atoms with Gasteiger partial charge in [0.15, 0.2) is 0 Å². The van der Waals surface area contributed by atoms with Gasteiger partial charge in [-0.1, -0.05) is 120 Å². The molecule has 36 heavy (non-hydrogen) atoms. The summed E-state index contributed by atoms with van der Waals surface area (Å²) in [7, 11) is 0. The third-order valence-electron chi connectivity index (χ3n) is 7.74. The molecule has 0 aliphatic heterocycles. The van der Waals surface area contributed by atoms with Gasteiger partial charge in [0.2, 0.25) is 0 Å². The number of rotatable bonds is 1. The van der Waals surface area contributed by atoms with Gasteiger partial charge in [-0.2, -0.15) is 0 Å². The highest BCUT2D eigenvalue weighted by molar-refractivity contribution is 6.44. The first-order valence-corrected chi connectivity index (χ1v) is 12.8. The van der Waals surface area contributed by atoms with Crippen molar-refractivity contribution in [3.8, 4) is 11.1 Å². The molecule has 0 bridgehead atoms. The van der Waals surface area contributed by atoms with Crippen molar-refractivity contribution in [2.24, 2.45) is 0 Å². The second kappa shape index (κ2) is 7.34. The van der Waals surface area contributed by atoms with Crippen LogP contribution in [0.25, 0.3) is 75.8 Å². The van der Waals surface area contributed by atoms with Crippen LogP contribution in [0.4, 0.5) is 0 Å². The number of fused-ring (bicyclic) bond motifs is 5. The van der Waals surface area contributed by atoms with Crippen LogP contribution in [0.1, 0.15) is 0 Å². The first-order valence-electron chi connectivity index (χ1n) is 12.1. The summed E-state index contributed by atoms with van der Waals surface area (Å²) in [6.07, 6.45) is 0. The zero-order valence-electron chi connectivity index (χ0n) is 19.1. The zero-order valence-corrected chi connectivity index (χ0v) is 20.7. The quantitative estimate of drug-likeness (QED) is 0.156. The fraction of sp³-hybridized carbons (Fsp3) is 0. The van der Waals surface area contributed by atoms with Crippen molar-refractivity contribution >= 4 is 87.8 Å². The summed E-state index contributed by atoms with van der Waals surface area (Å²) in [6, 6.07) is 38.9. The lowest BCUT2D eigenvalue weighted by Crippen LogP contribution is -1.93. The molecule has 0 atom stereocenters. The van der Waals surface area contributed by atoms with Gasteiger partial charge in [-0.25, -0.2) is 0 Å². The smallest absolute Gasteiger partial charge is 0.0485 e. The van der Waals surface area contributed by atoms with E-state index >= 15 is 0 Å². The number of hydrogen-bond acceptors (Lipinski definition) is 0. The molecule has 168 valence electrons. The van der Waals surface area contributed by atoms with Gasteiger partial charge < -0.3 is 0 Å². The highest BCUT2D eigenvalue weighted by Crippen LogP contribution is 2.49. The van der Waals surface area contributed by atoms with E-state index in [1.54, 1.807) is 0 Å². The lowest BCUT2D eigenvalue weighted by Gasteiger charge is -2.21. The Balaban J connectivity index is 1.71. The molecule has 0 amide bonds. The Morgan fingerprint density at radius 2 is 0.806 bits per heavy atom. The highest BCUT2D eigenvalue weighted by Gasteiger charge is 2.21. The van der Waals surface area contributed by atoms with Crippen LogP contribution in [0, 0.1) is 0 Å². The van der Waals surface area contributed by atoms with Crippen molar-refractivity contribution in [2.75, 3.05) is 0 Å². The van der Waals surface area contributed by atoms with Gasteiger partial charge >= 0.3 is 0 Å². The van der Waals surface area contributed by atoms with Gasteiger partial charge in [0.25, 0.3) is 0 Å². The summed E-state index contributed by atoms with van der Waals surface area (Å²) in [6.45, 7) is 0. The van der Waals surface area contributed by atoms with Crippen molar-refractivity contribution in [1.82, 2.24) is 0 Å². The van der Waals surface area contributed by atoms with Crippen LogP contribution in [0.3, 0.4) is 0 Å². The van der Waals surface area contributed by atoms with Gasteiger partial charge in [0, 0.05) is 20.8 Å². The lowest BCUT2D eigenvalue weighted by atomic mass is 9.82. The molecule has 0 radical (unpaired) electrons. The Morgan fingerprint density at radius 1 is 0.306 bits per heavy atom. The van der Waals surface area contributed by atoms with Crippen LogP contribution in [-0.4, -0.2) is 0 Å². The topological polar surface area (TPSA) is 0 Å². The van der Waals surface area contributed by atoms with E-state index < -0.39 is 0 Å². The van der Waals surface area contributed by atoms with Gasteiger partial charge in [-0.15, -0.1) is 0 Å². The molecule has 8 rings (SSSR count). The predicted molar refractivity (Wildman–Crippen MR) is 158 cm³/mol. The van der Waals surface area contributed by atoms with Crippen LogP contribution in [0.15, 0.2) is 109 Å². The monoisotopic (exact) mass is 496 g/mol. The molecule has 2 heteroatoms. The summed E-state index contributed by atoms with van der Waals surface area (Å²) < 4.78 is 0. The Kier molecular flexibility index (Phi) is 4.15. The van der Waals surface area contributed by atoms with Crippen LogP contribution in [0.2, 0.25) is 10.0 Å². The molecule has 8 aromatic rings. The number of halogens is 2. The fourth-order valence-corrected chi connectivity index (χ4v) is 6.76. The summed E-state index contributed by atoms with van der Waals surface area (Å²) in [4.78, 5) is 0. The Bertz CT molecular complexity index is 2170. The minimum Gasteiger partial charge on any atom is -0.0837 e. The van der Waals surface area contributed by atoms with Gasteiger partial charge in [-0.05, 0) is 77.1 Å². The largest absolute Gasteiger partial charge is 0.0837 e. The molecule has 0 saturated heterocycles. The second-order valence-electron chi connectivity index (χ2n) is 9.49. The van der Waals surface area contributed by atoms with E-state index in [2.05, 4.69) is 97.1 Å². The maximum Gasteiger partial charge on any atom is 0.0485 e. The van der Waals surface area contributed by atoms with E-state index in [-0.39, 0.29) is 0 Å². The summed E-state index contributed by atoms with van der Waals surface area (Å²) in [5, 5.41) is 16.2. The third kappa shape index (κ3) is 2.56. The highest BCUT2D eigenvalue weighted by atomic mass is 35.5. The molecule has 0 saturated carbocycles. The molecule has 0 aliphatic carbocycles. The SMILES string of the molecule is Clc1ccc(-c2c3ccccc3c3c4ccc(Cl)c5cccc(c6cccc2c63)c54)c2ccccc12. The van der Waals surface area contributed by atoms with Crippen LogP contribution in [-0.2, 0) is 0 Å². The van der Waals surface area contributed by atoms with E-state index in [1.165, 1.54) is 65.0 Å². The average molecular weight is 497 g/mol. The van der Waals surface area contributed by atoms with E-state index in [9.17, 15) is 0 Å². The standard InChI is InChI=1S/C34H18Cl2/c35-29-17-15-25(19-7-1-2-8-20(19)29)31-21-9-3-4-10-23(21)34-28-16-18-30(36)26-13-5-11-22(32(26)28)24-12-6-14-27(31)33(24)34/h1-18H. The summed E-state index contributed by atoms with van der Waals surface area (Å²) in [5.41, 5.74) is 2.46. The normalized spacial score (nSPS) is 12.2. The molecule has 8 aromatic carbocycles. The fourth-order valence-electron chi connectivity index (χ4n) is 6.31.